The molecule has 0 atom stereocenters. The van der Waals surface area contributed by atoms with Gasteiger partial charge in [-0.05, 0) is 22.4 Å². The number of hydrogen-bond acceptors (Lipinski definition) is 7. The molecule has 4 N–H and O–H groups in total. The van der Waals surface area contributed by atoms with E-state index < -0.39 is 0 Å². The SMILES string of the molecule is Nc1c(NNC(=O)c2cccc3ccccc23)ncnc1N1CCN(Cc2ccccc2)CC1. The Balaban J connectivity index is 1.23. The van der Waals surface area contributed by atoms with Crippen molar-refractivity contribution in [3.05, 3.63) is 90.3 Å². The fraction of sp³-hybridized carbons (Fsp3) is 0.192. The first kappa shape index (κ1) is 21.7. The average Bonchev–Trinajstić information content (AvgIpc) is 2.89. The molecule has 0 radical (unpaired) electrons. The molecule has 1 saturated heterocycles. The molecule has 1 aliphatic heterocycles. The normalized spacial score (nSPS) is 14.2. The van der Waals surface area contributed by atoms with Crippen LogP contribution in [-0.4, -0.2) is 47.0 Å². The van der Waals surface area contributed by atoms with Gasteiger partial charge in [-0.2, -0.15) is 0 Å². The van der Waals surface area contributed by atoms with Crippen LogP contribution in [0, 0.1) is 0 Å². The highest BCUT2D eigenvalue weighted by molar-refractivity contribution is 6.07. The number of carbonyl (C=O) groups is 1. The van der Waals surface area contributed by atoms with Crippen molar-refractivity contribution >= 4 is 34.0 Å². The van der Waals surface area contributed by atoms with Gasteiger partial charge in [0, 0.05) is 38.3 Å². The lowest BCUT2D eigenvalue weighted by atomic mass is 10.0. The van der Waals surface area contributed by atoms with E-state index in [1.165, 1.54) is 11.9 Å². The van der Waals surface area contributed by atoms with Crippen LogP contribution in [0.1, 0.15) is 15.9 Å². The van der Waals surface area contributed by atoms with E-state index in [4.69, 9.17) is 5.73 Å². The molecule has 8 nitrogen and oxygen atoms in total. The number of piperazine rings is 1. The summed E-state index contributed by atoms with van der Waals surface area (Å²) in [5.41, 5.74) is 14.3. The Morgan fingerprint density at radius 2 is 1.62 bits per heavy atom. The van der Waals surface area contributed by atoms with Crippen LogP contribution in [0.4, 0.5) is 17.3 Å². The molecule has 0 bridgehead atoms. The van der Waals surface area contributed by atoms with E-state index in [0.29, 0.717) is 22.9 Å². The fourth-order valence-corrected chi connectivity index (χ4v) is 4.30. The van der Waals surface area contributed by atoms with E-state index in [-0.39, 0.29) is 5.91 Å². The Morgan fingerprint density at radius 3 is 2.44 bits per heavy atom. The maximum Gasteiger partial charge on any atom is 0.270 e. The van der Waals surface area contributed by atoms with Gasteiger partial charge in [0.1, 0.15) is 12.0 Å². The highest BCUT2D eigenvalue weighted by Gasteiger charge is 2.21. The Labute approximate surface area is 198 Å². The number of nitrogens with two attached hydrogens (primary N) is 1. The number of nitrogen functional groups attached to an aromatic ring is 1. The van der Waals surface area contributed by atoms with Crippen LogP contribution in [0.2, 0.25) is 0 Å². The Bertz CT molecular complexity index is 1280. The van der Waals surface area contributed by atoms with Crippen molar-refractivity contribution in [2.24, 2.45) is 0 Å². The molecule has 1 aromatic heterocycles. The quantitative estimate of drug-likeness (QED) is 0.385. The molecule has 0 unspecified atom stereocenters. The molecule has 8 heteroatoms. The van der Waals surface area contributed by atoms with Crippen LogP contribution in [0.3, 0.4) is 0 Å². The molecule has 172 valence electrons. The number of hydrogen-bond donors (Lipinski definition) is 3. The second-order valence-electron chi connectivity index (χ2n) is 8.31. The van der Waals surface area contributed by atoms with Crippen LogP contribution < -0.4 is 21.5 Å². The summed E-state index contributed by atoms with van der Waals surface area (Å²) in [6.07, 6.45) is 1.47. The van der Waals surface area contributed by atoms with E-state index in [9.17, 15) is 4.79 Å². The summed E-state index contributed by atoms with van der Waals surface area (Å²) in [7, 11) is 0. The van der Waals surface area contributed by atoms with E-state index in [2.05, 4.69) is 54.9 Å². The van der Waals surface area contributed by atoms with E-state index >= 15 is 0 Å². The molecule has 4 aromatic rings. The number of aromatic nitrogens is 2. The van der Waals surface area contributed by atoms with Gasteiger partial charge in [0.05, 0.1) is 0 Å². The molecule has 0 aliphatic carbocycles. The van der Waals surface area contributed by atoms with Gasteiger partial charge in [-0.25, -0.2) is 9.97 Å². The first-order valence-electron chi connectivity index (χ1n) is 11.3. The molecule has 5 rings (SSSR count). The minimum absolute atomic E-state index is 0.258. The summed E-state index contributed by atoms with van der Waals surface area (Å²) >= 11 is 0. The summed E-state index contributed by atoms with van der Waals surface area (Å²) in [6, 6.07) is 23.9. The molecule has 34 heavy (non-hydrogen) atoms. The molecular formula is C26H27N7O. The predicted octanol–water partition coefficient (Wildman–Crippen LogP) is 3.29. The molecular weight excluding hydrogens is 426 g/mol. The van der Waals surface area contributed by atoms with E-state index in [0.717, 1.165) is 43.5 Å². The number of carbonyl (C=O) groups excluding carboxylic acids is 1. The summed E-state index contributed by atoms with van der Waals surface area (Å²) in [4.78, 5) is 26.1. The number of hydrazine groups is 1. The van der Waals surface area contributed by atoms with Crippen molar-refractivity contribution in [1.82, 2.24) is 20.3 Å². The van der Waals surface area contributed by atoms with Gasteiger partial charge in [0.25, 0.3) is 5.91 Å². The second-order valence-corrected chi connectivity index (χ2v) is 8.31. The number of anilines is 3. The molecule has 0 spiro atoms. The molecule has 1 aliphatic rings. The lowest BCUT2D eigenvalue weighted by Gasteiger charge is -2.36. The molecule has 1 amide bonds. The van der Waals surface area contributed by atoms with Gasteiger partial charge < -0.3 is 10.6 Å². The van der Waals surface area contributed by atoms with Crippen LogP contribution in [-0.2, 0) is 6.54 Å². The van der Waals surface area contributed by atoms with Gasteiger partial charge >= 0.3 is 0 Å². The first-order chi connectivity index (χ1) is 16.7. The average molecular weight is 454 g/mol. The third-order valence-corrected chi connectivity index (χ3v) is 6.11. The third-order valence-electron chi connectivity index (χ3n) is 6.11. The van der Waals surface area contributed by atoms with Crippen molar-refractivity contribution in [3.8, 4) is 0 Å². The van der Waals surface area contributed by atoms with Gasteiger partial charge in [-0.3, -0.25) is 20.5 Å². The van der Waals surface area contributed by atoms with Crippen LogP contribution >= 0.6 is 0 Å². The molecule has 3 aromatic carbocycles. The number of nitrogens with zero attached hydrogens (tertiary/aromatic N) is 4. The molecule has 1 fully saturated rings. The van der Waals surface area contributed by atoms with Crippen LogP contribution in [0.15, 0.2) is 79.1 Å². The zero-order chi connectivity index (χ0) is 23.3. The Kier molecular flexibility index (Phi) is 6.22. The summed E-state index contributed by atoms with van der Waals surface area (Å²) in [5, 5.41) is 1.89. The third kappa shape index (κ3) is 4.62. The zero-order valence-corrected chi connectivity index (χ0v) is 18.8. The first-order valence-corrected chi connectivity index (χ1v) is 11.3. The maximum absolute atomic E-state index is 12.8. The summed E-state index contributed by atoms with van der Waals surface area (Å²) < 4.78 is 0. The minimum Gasteiger partial charge on any atom is -0.393 e. The standard InChI is InChI=1S/C26H27N7O/c27-23-24(30-31-26(34)22-12-6-10-20-9-4-5-11-21(20)22)28-18-29-25(23)33-15-13-32(14-16-33)17-19-7-2-1-3-8-19/h1-12,18H,13-17,27H2,(H,31,34)(H,28,29,30). The topological polar surface area (TPSA) is 99.4 Å². The van der Waals surface area contributed by atoms with Crippen LogP contribution in [0.25, 0.3) is 10.8 Å². The largest absolute Gasteiger partial charge is 0.393 e. The highest BCUT2D eigenvalue weighted by Crippen LogP contribution is 2.27. The predicted molar refractivity (Wildman–Crippen MR) is 135 cm³/mol. The highest BCUT2D eigenvalue weighted by atomic mass is 16.2. The fourth-order valence-electron chi connectivity index (χ4n) is 4.30. The van der Waals surface area contributed by atoms with Crippen molar-refractivity contribution < 1.29 is 4.79 Å². The van der Waals surface area contributed by atoms with Crippen molar-refractivity contribution in [1.29, 1.82) is 0 Å². The number of amides is 1. The number of nitrogens with one attached hydrogen (secondary N) is 2. The Hall–Kier alpha value is -4.17. The number of fused-ring (bicyclic) bond motifs is 1. The number of rotatable bonds is 6. The summed E-state index contributed by atoms with van der Waals surface area (Å²) in [6.45, 7) is 4.39. The van der Waals surface area contributed by atoms with Crippen molar-refractivity contribution in [2.45, 2.75) is 6.54 Å². The summed E-state index contributed by atoms with van der Waals surface area (Å²) in [5.74, 6) is 0.799. The lowest BCUT2D eigenvalue weighted by molar-refractivity contribution is 0.0964. The minimum atomic E-state index is -0.258. The van der Waals surface area contributed by atoms with Gasteiger partial charge in [-0.1, -0.05) is 66.7 Å². The maximum atomic E-state index is 12.8. The van der Waals surface area contributed by atoms with Gasteiger partial charge in [0.2, 0.25) is 0 Å². The molecule has 0 saturated carbocycles. The second kappa shape index (κ2) is 9.76. The van der Waals surface area contributed by atoms with Crippen molar-refractivity contribution in [2.75, 3.05) is 42.2 Å². The van der Waals surface area contributed by atoms with Crippen molar-refractivity contribution in [3.63, 3.8) is 0 Å². The van der Waals surface area contributed by atoms with E-state index in [1.54, 1.807) is 6.07 Å². The monoisotopic (exact) mass is 453 g/mol. The Morgan fingerprint density at radius 1 is 0.882 bits per heavy atom. The van der Waals surface area contributed by atoms with Gasteiger partial charge in [0.15, 0.2) is 11.6 Å². The number of benzene rings is 3. The lowest BCUT2D eigenvalue weighted by Crippen LogP contribution is -2.46. The van der Waals surface area contributed by atoms with Crippen LogP contribution in [0.5, 0.6) is 0 Å². The van der Waals surface area contributed by atoms with E-state index in [1.807, 2.05) is 42.5 Å². The smallest absolute Gasteiger partial charge is 0.270 e. The zero-order valence-electron chi connectivity index (χ0n) is 18.8. The van der Waals surface area contributed by atoms with Gasteiger partial charge in [-0.15, -0.1) is 0 Å². The molecule has 2 heterocycles.